The Hall–Kier alpha value is -3.22. The Kier molecular flexibility index (Phi) is 6.26. The molecule has 0 spiro atoms. The number of aryl methyl sites for hydroxylation is 1. The fourth-order valence-corrected chi connectivity index (χ4v) is 3.37. The summed E-state index contributed by atoms with van der Waals surface area (Å²) in [5.41, 5.74) is 2.63. The molecule has 7 heteroatoms. The highest BCUT2D eigenvalue weighted by Gasteiger charge is 2.33. The Labute approximate surface area is 170 Å². The minimum Gasteiger partial charge on any atom is -0.458 e. The van der Waals surface area contributed by atoms with Crippen molar-refractivity contribution in [3.8, 4) is 0 Å². The van der Waals surface area contributed by atoms with Crippen LogP contribution >= 0.6 is 0 Å². The number of esters is 1. The van der Waals surface area contributed by atoms with Gasteiger partial charge in [0.2, 0.25) is 5.91 Å². The molecule has 0 aliphatic carbocycles. The molecule has 2 heterocycles. The molecule has 29 heavy (non-hydrogen) atoms. The van der Waals surface area contributed by atoms with Gasteiger partial charge in [-0.05, 0) is 44.0 Å². The maximum atomic E-state index is 12.8. The third kappa shape index (κ3) is 4.80. The van der Waals surface area contributed by atoms with Crippen molar-refractivity contribution in [2.24, 2.45) is 0 Å². The fraction of sp³-hybridized carbons (Fsp3) is 0.364. The molecular formula is C22H25N3O4. The molecule has 1 fully saturated rings. The van der Waals surface area contributed by atoms with Gasteiger partial charge in [0.15, 0.2) is 0 Å². The predicted molar refractivity (Wildman–Crippen MR) is 108 cm³/mol. The van der Waals surface area contributed by atoms with E-state index < -0.39 is 12.0 Å². The van der Waals surface area contributed by atoms with E-state index in [9.17, 15) is 14.4 Å². The molecule has 0 bridgehead atoms. The first-order chi connectivity index (χ1) is 13.9. The van der Waals surface area contributed by atoms with Gasteiger partial charge in [-0.2, -0.15) is 0 Å². The van der Waals surface area contributed by atoms with Gasteiger partial charge in [0.1, 0.15) is 18.3 Å². The zero-order chi connectivity index (χ0) is 21.0. The highest BCUT2D eigenvalue weighted by Crippen LogP contribution is 2.19. The molecule has 152 valence electrons. The molecule has 1 saturated heterocycles. The Morgan fingerprint density at radius 1 is 1.17 bits per heavy atom. The fourth-order valence-electron chi connectivity index (χ4n) is 3.37. The van der Waals surface area contributed by atoms with Gasteiger partial charge in [-0.25, -0.2) is 9.78 Å². The average Bonchev–Trinajstić information content (AvgIpc) is 3.22. The van der Waals surface area contributed by atoms with E-state index in [2.05, 4.69) is 4.98 Å². The van der Waals surface area contributed by atoms with Gasteiger partial charge in [0.25, 0.3) is 5.91 Å². The first-order valence-corrected chi connectivity index (χ1v) is 9.61. The lowest BCUT2D eigenvalue weighted by molar-refractivity contribution is -0.154. The molecule has 1 aliphatic rings. The maximum absolute atomic E-state index is 12.8. The highest BCUT2D eigenvalue weighted by atomic mass is 16.5. The van der Waals surface area contributed by atoms with Gasteiger partial charge in [-0.1, -0.05) is 23.8 Å². The molecule has 1 aliphatic heterocycles. The summed E-state index contributed by atoms with van der Waals surface area (Å²) in [5.74, 6) is -0.817. The minimum absolute atomic E-state index is 0.0452. The van der Waals surface area contributed by atoms with Crippen molar-refractivity contribution in [3.63, 3.8) is 0 Å². The van der Waals surface area contributed by atoms with Crippen LogP contribution in [0.15, 0.2) is 42.5 Å². The van der Waals surface area contributed by atoms with Crippen molar-refractivity contribution in [2.45, 2.75) is 39.3 Å². The smallest absolute Gasteiger partial charge is 0.329 e. The van der Waals surface area contributed by atoms with E-state index in [1.54, 1.807) is 25.2 Å². The molecule has 3 rings (SSSR count). The molecule has 1 atom stereocenters. The van der Waals surface area contributed by atoms with Crippen molar-refractivity contribution in [1.82, 2.24) is 9.88 Å². The van der Waals surface area contributed by atoms with E-state index in [0.717, 1.165) is 17.7 Å². The van der Waals surface area contributed by atoms with E-state index in [4.69, 9.17) is 4.74 Å². The number of pyridine rings is 1. The number of benzene rings is 1. The number of carbonyl (C=O) groups is 3. The summed E-state index contributed by atoms with van der Waals surface area (Å²) in [6.07, 6.45) is 1.39. The maximum Gasteiger partial charge on any atom is 0.329 e. The summed E-state index contributed by atoms with van der Waals surface area (Å²) >= 11 is 0. The number of ether oxygens (including phenoxy) is 1. The van der Waals surface area contributed by atoms with E-state index in [1.807, 2.05) is 31.2 Å². The Morgan fingerprint density at radius 3 is 2.59 bits per heavy atom. The van der Waals surface area contributed by atoms with Crippen molar-refractivity contribution in [3.05, 3.63) is 59.4 Å². The van der Waals surface area contributed by atoms with Crippen LogP contribution in [-0.4, -0.2) is 47.3 Å². The number of rotatable bonds is 5. The lowest BCUT2D eigenvalue weighted by Gasteiger charge is -2.21. The number of anilines is 1. The number of hydrogen-bond acceptors (Lipinski definition) is 5. The van der Waals surface area contributed by atoms with Gasteiger partial charge in [0.05, 0.1) is 5.69 Å². The van der Waals surface area contributed by atoms with E-state index in [0.29, 0.717) is 18.7 Å². The number of amides is 2. The standard InChI is InChI=1S/C22H25N3O4/c1-15-9-11-18(12-10-15)24(3)21(27)19-7-4-6-17(23-19)14-29-22(28)20-8-5-13-25(20)16(2)26/h4,6-7,9-12,20H,5,8,13-14H2,1-3H3/t20-/m1/s1. The molecule has 2 aromatic rings. The molecular weight excluding hydrogens is 370 g/mol. The Bertz CT molecular complexity index is 911. The van der Waals surface area contributed by atoms with Crippen molar-refractivity contribution < 1.29 is 19.1 Å². The van der Waals surface area contributed by atoms with Crippen LogP contribution in [0.5, 0.6) is 0 Å². The molecule has 7 nitrogen and oxygen atoms in total. The summed E-state index contributed by atoms with van der Waals surface area (Å²) in [7, 11) is 1.69. The van der Waals surface area contributed by atoms with Gasteiger partial charge in [-0.3, -0.25) is 9.59 Å². The van der Waals surface area contributed by atoms with Crippen molar-refractivity contribution >= 4 is 23.5 Å². The zero-order valence-corrected chi connectivity index (χ0v) is 16.9. The van der Waals surface area contributed by atoms with E-state index >= 15 is 0 Å². The summed E-state index contributed by atoms with van der Waals surface area (Å²) in [5, 5.41) is 0. The normalized spacial score (nSPS) is 15.8. The number of nitrogens with zero attached hydrogens (tertiary/aromatic N) is 3. The molecule has 1 aromatic heterocycles. The first kappa shape index (κ1) is 20.5. The SMILES string of the molecule is CC(=O)N1CCC[C@@H]1C(=O)OCc1cccc(C(=O)N(C)c2ccc(C)cc2)n1. The van der Waals surface area contributed by atoms with Gasteiger partial charge in [-0.15, -0.1) is 0 Å². The molecule has 0 radical (unpaired) electrons. The minimum atomic E-state index is -0.537. The second-order valence-electron chi connectivity index (χ2n) is 7.19. The Morgan fingerprint density at radius 2 is 1.90 bits per heavy atom. The lowest BCUT2D eigenvalue weighted by Crippen LogP contribution is -2.40. The van der Waals surface area contributed by atoms with Crippen LogP contribution in [0.3, 0.4) is 0 Å². The van der Waals surface area contributed by atoms with Crippen LogP contribution in [0.4, 0.5) is 5.69 Å². The van der Waals surface area contributed by atoms with Crippen LogP contribution in [0, 0.1) is 6.92 Å². The summed E-state index contributed by atoms with van der Waals surface area (Å²) in [6.45, 7) is 3.96. The zero-order valence-electron chi connectivity index (χ0n) is 16.9. The van der Waals surface area contributed by atoms with Gasteiger partial charge < -0.3 is 14.5 Å². The number of aromatic nitrogens is 1. The highest BCUT2D eigenvalue weighted by molar-refractivity contribution is 6.04. The average molecular weight is 395 g/mol. The van der Waals surface area contributed by atoms with Crippen LogP contribution in [0.1, 0.15) is 41.5 Å². The van der Waals surface area contributed by atoms with Crippen molar-refractivity contribution in [1.29, 1.82) is 0 Å². The lowest BCUT2D eigenvalue weighted by atomic mass is 10.2. The van der Waals surface area contributed by atoms with Crippen LogP contribution in [-0.2, 0) is 20.9 Å². The summed E-state index contributed by atoms with van der Waals surface area (Å²) in [4.78, 5) is 44.1. The third-order valence-electron chi connectivity index (χ3n) is 5.04. The molecule has 0 N–H and O–H groups in total. The number of hydrogen-bond donors (Lipinski definition) is 0. The quantitative estimate of drug-likeness (QED) is 0.728. The van der Waals surface area contributed by atoms with Crippen LogP contribution in [0.2, 0.25) is 0 Å². The molecule has 2 amide bonds. The van der Waals surface area contributed by atoms with E-state index in [-0.39, 0.29) is 24.1 Å². The summed E-state index contributed by atoms with van der Waals surface area (Å²) in [6, 6.07) is 12.1. The second kappa shape index (κ2) is 8.86. The predicted octanol–water partition coefficient (Wildman–Crippen LogP) is 2.72. The molecule has 0 unspecified atom stereocenters. The molecule has 1 aromatic carbocycles. The largest absolute Gasteiger partial charge is 0.458 e. The number of likely N-dealkylation sites (tertiary alicyclic amines) is 1. The van der Waals surface area contributed by atoms with Gasteiger partial charge >= 0.3 is 5.97 Å². The first-order valence-electron chi connectivity index (χ1n) is 9.61. The van der Waals surface area contributed by atoms with Crippen LogP contribution in [0.25, 0.3) is 0 Å². The summed E-state index contributed by atoms with van der Waals surface area (Å²) < 4.78 is 5.37. The monoisotopic (exact) mass is 395 g/mol. The van der Waals surface area contributed by atoms with Crippen LogP contribution < -0.4 is 4.90 Å². The second-order valence-corrected chi connectivity index (χ2v) is 7.19. The molecule has 0 saturated carbocycles. The topological polar surface area (TPSA) is 79.8 Å². The van der Waals surface area contributed by atoms with Gasteiger partial charge in [0, 0.05) is 26.2 Å². The third-order valence-corrected chi connectivity index (χ3v) is 5.04. The van der Waals surface area contributed by atoms with E-state index in [1.165, 1.54) is 16.7 Å². The number of carbonyl (C=O) groups excluding carboxylic acids is 3. The Balaban J connectivity index is 1.64. The van der Waals surface area contributed by atoms with Crippen molar-refractivity contribution in [2.75, 3.05) is 18.5 Å².